The maximum absolute atomic E-state index is 12.2. The lowest BCUT2D eigenvalue weighted by Gasteiger charge is -2.15. The Hall–Kier alpha value is -3.87. The minimum Gasteiger partial charge on any atom is -0.497 e. The molecule has 0 aliphatic carbocycles. The van der Waals surface area contributed by atoms with E-state index in [0.717, 1.165) is 16.9 Å². The van der Waals surface area contributed by atoms with Gasteiger partial charge in [0.05, 0.1) is 19.7 Å². The van der Waals surface area contributed by atoms with Crippen molar-refractivity contribution >= 4 is 11.8 Å². The number of nitrogens with one attached hydrogen (secondary N) is 2. The fraction of sp³-hybridized carbons (Fsp3) is 0.208. The van der Waals surface area contributed by atoms with E-state index in [1.165, 1.54) is 0 Å². The van der Waals surface area contributed by atoms with Crippen molar-refractivity contribution < 1.29 is 19.1 Å². The molecule has 0 aliphatic heterocycles. The summed E-state index contributed by atoms with van der Waals surface area (Å²) in [6.07, 6.45) is 3.48. The van der Waals surface area contributed by atoms with Crippen molar-refractivity contribution in [3.05, 3.63) is 89.7 Å². The van der Waals surface area contributed by atoms with Crippen molar-refractivity contribution in [1.82, 2.24) is 15.6 Å². The summed E-state index contributed by atoms with van der Waals surface area (Å²) in [6.45, 7) is 2.21. The van der Waals surface area contributed by atoms with Crippen molar-refractivity contribution in [1.29, 1.82) is 0 Å². The molecule has 2 N–H and O–H groups in total. The summed E-state index contributed by atoms with van der Waals surface area (Å²) in [6, 6.07) is 17.8. The normalized spacial score (nSPS) is 11.3. The lowest BCUT2D eigenvalue weighted by atomic mass is 10.1. The molecule has 3 aromatic rings. The summed E-state index contributed by atoms with van der Waals surface area (Å²) >= 11 is 0. The molecule has 0 aliphatic rings. The van der Waals surface area contributed by atoms with Crippen LogP contribution in [0, 0.1) is 0 Å². The van der Waals surface area contributed by atoms with Crippen molar-refractivity contribution in [2.45, 2.75) is 19.6 Å². The van der Waals surface area contributed by atoms with Gasteiger partial charge in [-0.2, -0.15) is 0 Å². The van der Waals surface area contributed by atoms with Crippen LogP contribution in [0.1, 0.15) is 34.5 Å². The largest absolute Gasteiger partial charge is 0.497 e. The smallest absolute Gasteiger partial charge is 0.251 e. The highest BCUT2D eigenvalue weighted by molar-refractivity contribution is 5.96. The first-order valence-electron chi connectivity index (χ1n) is 9.88. The number of aromatic nitrogens is 1. The fourth-order valence-electron chi connectivity index (χ4n) is 2.88. The minimum atomic E-state index is -0.319. The third-order valence-corrected chi connectivity index (χ3v) is 4.65. The molecule has 0 spiro atoms. The van der Waals surface area contributed by atoms with Gasteiger partial charge in [-0.25, -0.2) is 0 Å². The Bertz CT molecular complexity index is 990. The fourth-order valence-corrected chi connectivity index (χ4v) is 2.88. The second-order valence-electron chi connectivity index (χ2n) is 6.92. The number of amides is 2. The highest BCUT2D eigenvalue weighted by atomic mass is 16.5. The molecule has 0 fully saturated rings. The van der Waals surface area contributed by atoms with Crippen LogP contribution in [0.5, 0.6) is 11.5 Å². The highest BCUT2D eigenvalue weighted by Gasteiger charge is 2.12. The number of pyridine rings is 1. The number of carbonyl (C=O) groups is 2. The molecule has 7 heteroatoms. The molecule has 0 saturated heterocycles. The molecule has 7 nitrogen and oxygen atoms in total. The van der Waals surface area contributed by atoms with Gasteiger partial charge in [-0.05, 0) is 55.0 Å². The summed E-state index contributed by atoms with van der Waals surface area (Å²) in [7, 11) is 1.56. The predicted octanol–water partition coefficient (Wildman–Crippen LogP) is 3.28. The number of hydrogen-bond acceptors (Lipinski definition) is 5. The summed E-state index contributed by atoms with van der Waals surface area (Å²) in [5.41, 5.74) is 2.39. The van der Waals surface area contributed by atoms with Crippen LogP contribution in [0.3, 0.4) is 0 Å². The molecule has 1 aromatic heterocycles. The van der Waals surface area contributed by atoms with Crippen LogP contribution in [0.2, 0.25) is 0 Å². The van der Waals surface area contributed by atoms with Crippen molar-refractivity contribution in [3.63, 3.8) is 0 Å². The second kappa shape index (κ2) is 10.8. The van der Waals surface area contributed by atoms with Crippen LogP contribution in [0.15, 0.2) is 73.1 Å². The van der Waals surface area contributed by atoms with Gasteiger partial charge in [0.1, 0.15) is 18.1 Å². The highest BCUT2D eigenvalue weighted by Crippen LogP contribution is 2.18. The average Bonchev–Trinajstić information content (AvgIpc) is 2.82. The monoisotopic (exact) mass is 419 g/mol. The van der Waals surface area contributed by atoms with Crippen molar-refractivity contribution in [3.8, 4) is 11.5 Å². The van der Waals surface area contributed by atoms with Crippen molar-refractivity contribution in [2.24, 2.45) is 0 Å². The summed E-state index contributed by atoms with van der Waals surface area (Å²) in [5, 5.41) is 5.49. The third-order valence-electron chi connectivity index (χ3n) is 4.65. The van der Waals surface area contributed by atoms with Crippen LogP contribution < -0.4 is 20.1 Å². The zero-order chi connectivity index (χ0) is 22.1. The van der Waals surface area contributed by atoms with Crippen LogP contribution in [-0.2, 0) is 11.4 Å². The molecule has 2 amide bonds. The van der Waals surface area contributed by atoms with Crippen LogP contribution in [-0.4, -0.2) is 30.5 Å². The van der Waals surface area contributed by atoms with E-state index >= 15 is 0 Å². The van der Waals surface area contributed by atoms with E-state index in [1.807, 2.05) is 43.3 Å². The summed E-state index contributed by atoms with van der Waals surface area (Å²) in [5.74, 6) is 0.807. The molecular formula is C24H25N3O4. The molecule has 0 radical (unpaired) electrons. The zero-order valence-electron chi connectivity index (χ0n) is 17.5. The first-order chi connectivity index (χ1) is 15.0. The number of ether oxygens (including phenoxy) is 2. The molecule has 1 atom stereocenters. The Labute approximate surface area is 181 Å². The summed E-state index contributed by atoms with van der Waals surface area (Å²) < 4.78 is 10.8. The lowest BCUT2D eigenvalue weighted by molar-refractivity contribution is -0.120. The number of methoxy groups -OCH3 is 1. The molecule has 1 heterocycles. The van der Waals surface area contributed by atoms with E-state index in [2.05, 4.69) is 15.6 Å². The Morgan fingerprint density at radius 3 is 2.35 bits per heavy atom. The van der Waals surface area contributed by atoms with Gasteiger partial charge in [0.25, 0.3) is 5.91 Å². The van der Waals surface area contributed by atoms with Crippen molar-refractivity contribution in [2.75, 3.05) is 13.7 Å². The second-order valence-corrected chi connectivity index (χ2v) is 6.92. The summed E-state index contributed by atoms with van der Waals surface area (Å²) in [4.78, 5) is 28.4. The molecule has 31 heavy (non-hydrogen) atoms. The molecule has 0 bridgehead atoms. The Morgan fingerprint density at radius 1 is 1.00 bits per heavy atom. The van der Waals surface area contributed by atoms with Gasteiger partial charge in [-0.3, -0.25) is 14.6 Å². The topological polar surface area (TPSA) is 89.5 Å². The Kier molecular flexibility index (Phi) is 7.59. The third kappa shape index (κ3) is 6.57. The average molecular weight is 419 g/mol. The van der Waals surface area contributed by atoms with Gasteiger partial charge in [0.2, 0.25) is 5.91 Å². The van der Waals surface area contributed by atoms with E-state index in [4.69, 9.17) is 9.47 Å². The zero-order valence-corrected chi connectivity index (χ0v) is 17.5. The molecule has 1 unspecified atom stereocenters. The van der Waals surface area contributed by atoms with Crippen LogP contribution in [0.4, 0.5) is 0 Å². The number of benzene rings is 2. The maximum Gasteiger partial charge on any atom is 0.251 e. The van der Waals surface area contributed by atoms with Gasteiger partial charge >= 0.3 is 0 Å². The van der Waals surface area contributed by atoms with E-state index in [0.29, 0.717) is 17.9 Å². The molecule has 3 rings (SSSR count). The van der Waals surface area contributed by atoms with E-state index < -0.39 is 0 Å². The van der Waals surface area contributed by atoms with Gasteiger partial charge < -0.3 is 20.1 Å². The molecule has 160 valence electrons. The number of hydrogen-bond donors (Lipinski definition) is 2. The van der Waals surface area contributed by atoms with E-state index in [1.54, 1.807) is 43.8 Å². The Balaban J connectivity index is 1.44. The van der Waals surface area contributed by atoms with Crippen LogP contribution in [0.25, 0.3) is 0 Å². The standard InChI is InChI=1S/C24H25N3O4/c1-17(19-5-11-22(12-6-19)31-16-18-4-3-13-25-14-18)27-23(28)15-26-24(29)20-7-9-21(30-2)10-8-20/h3-14,17H,15-16H2,1-2H3,(H,26,29)(H,27,28). The number of rotatable bonds is 9. The van der Waals surface area contributed by atoms with E-state index in [9.17, 15) is 9.59 Å². The lowest BCUT2D eigenvalue weighted by Crippen LogP contribution is -2.38. The van der Waals surface area contributed by atoms with Gasteiger partial charge in [-0.1, -0.05) is 18.2 Å². The Morgan fingerprint density at radius 2 is 1.71 bits per heavy atom. The maximum atomic E-state index is 12.2. The number of carbonyl (C=O) groups excluding carboxylic acids is 2. The molecule has 0 saturated carbocycles. The first kappa shape index (κ1) is 21.8. The molecular weight excluding hydrogens is 394 g/mol. The van der Waals surface area contributed by atoms with E-state index in [-0.39, 0.29) is 24.4 Å². The quantitative estimate of drug-likeness (QED) is 0.556. The van der Waals surface area contributed by atoms with Crippen LogP contribution >= 0.6 is 0 Å². The minimum absolute atomic E-state index is 0.110. The van der Waals surface area contributed by atoms with Gasteiger partial charge in [-0.15, -0.1) is 0 Å². The predicted molar refractivity (Wildman–Crippen MR) is 117 cm³/mol. The number of nitrogens with zero attached hydrogens (tertiary/aromatic N) is 1. The first-order valence-corrected chi connectivity index (χ1v) is 9.88. The SMILES string of the molecule is COc1ccc(C(=O)NCC(=O)NC(C)c2ccc(OCc3cccnc3)cc2)cc1. The molecule has 2 aromatic carbocycles. The van der Waals surface area contributed by atoms with Gasteiger partial charge in [0, 0.05) is 23.5 Å². The van der Waals surface area contributed by atoms with Gasteiger partial charge in [0.15, 0.2) is 0 Å².